The molecular formula is C20H19F2N2O+. The zero-order chi connectivity index (χ0) is 17.8. The zero-order valence-corrected chi connectivity index (χ0v) is 13.8. The topological polar surface area (TPSA) is 45.7 Å². The van der Waals surface area contributed by atoms with Gasteiger partial charge < -0.3 is 10.6 Å². The maximum atomic E-state index is 13.8. The lowest BCUT2D eigenvalue weighted by Crippen LogP contribution is -2.86. The Labute approximate surface area is 144 Å². The fourth-order valence-corrected chi connectivity index (χ4v) is 2.82. The van der Waals surface area contributed by atoms with Gasteiger partial charge >= 0.3 is 0 Å². The van der Waals surface area contributed by atoms with Gasteiger partial charge in [0.2, 0.25) is 0 Å². The van der Waals surface area contributed by atoms with Gasteiger partial charge in [-0.3, -0.25) is 4.79 Å². The number of rotatable bonds is 5. The summed E-state index contributed by atoms with van der Waals surface area (Å²) in [6.45, 7) is 1.92. The monoisotopic (exact) mass is 341 g/mol. The number of carbonyl (C=O) groups excluding carboxylic acids is 1. The summed E-state index contributed by atoms with van der Waals surface area (Å²) >= 11 is 0. The quantitative estimate of drug-likeness (QED) is 0.734. The highest BCUT2D eigenvalue weighted by Gasteiger charge is 2.16. The number of halogens is 2. The molecule has 0 aliphatic heterocycles. The minimum atomic E-state index is -0.609. The molecule has 0 saturated carbocycles. The minimum Gasteiger partial charge on any atom is -0.332 e. The van der Waals surface area contributed by atoms with E-state index in [1.54, 1.807) is 12.2 Å². The summed E-state index contributed by atoms with van der Waals surface area (Å²) in [4.78, 5) is 12.2. The summed E-state index contributed by atoms with van der Waals surface area (Å²) in [6.07, 6.45) is 0. The van der Waals surface area contributed by atoms with E-state index >= 15 is 0 Å². The molecule has 0 aliphatic rings. The largest absolute Gasteiger partial charge is 0.332 e. The van der Waals surface area contributed by atoms with Crippen LogP contribution in [-0.2, 0) is 4.79 Å². The number of anilines is 1. The van der Waals surface area contributed by atoms with Crippen LogP contribution in [0.15, 0.2) is 60.7 Å². The number of amides is 1. The van der Waals surface area contributed by atoms with E-state index < -0.39 is 11.6 Å². The standard InChI is InChI=1S/C20H18F2N2O/c1-13(16-10-9-15(21)11-18(16)22)23-12-20(25)24-19-8-4-6-14-5-2-3-7-17(14)19/h2-11,13,23H,12H2,1H3,(H,24,25)/p+1/t13-/m0/s1. The second-order valence-electron chi connectivity index (χ2n) is 5.97. The molecule has 0 bridgehead atoms. The lowest BCUT2D eigenvalue weighted by molar-refractivity contribution is -0.682. The van der Waals surface area contributed by atoms with Gasteiger partial charge in [0.15, 0.2) is 6.54 Å². The molecule has 128 valence electrons. The van der Waals surface area contributed by atoms with Crippen molar-refractivity contribution in [1.29, 1.82) is 0 Å². The normalized spacial score (nSPS) is 12.1. The Balaban J connectivity index is 1.64. The van der Waals surface area contributed by atoms with Crippen molar-refractivity contribution in [2.45, 2.75) is 13.0 Å². The zero-order valence-electron chi connectivity index (χ0n) is 13.8. The smallest absolute Gasteiger partial charge is 0.279 e. The van der Waals surface area contributed by atoms with Crippen LogP contribution in [0.4, 0.5) is 14.5 Å². The molecule has 3 N–H and O–H groups in total. The lowest BCUT2D eigenvalue weighted by atomic mass is 10.1. The molecule has 5 heteroatoms. The van der Waals surface area contributed by atoms with Crippen LogP contribution in [0.1, 0.15) is 18.5 Å². The number of benzene rings is 3. The number of carbonyl (C=O) groups is 1. The predicted molar refractivity (Wildman–Crippen MR) is 94.1 cm³/mol. The first-order chi connectivity index (χ1) is 12.0. The van der Waals surface area contributed by atoms with E-state index in [0.717, 1.165) is 22.5 Å². The van der Waals surface area contributed by atoms with Crippen LogP contribution in [0.2, 0.25) is 0 Å². The van der Waals surface area contributed by atoms with Gasteiger partial charge in [0.1, 0.15) is 17.7 Å². The van der Waals surface area contributed by atoms with E-state index in [4.69, 9.17) is 0 Å². The van der Waals surface area contributed by atoms with Crippen LogP contribution in [0.5, 0.6) is 0 Å². The summed E-state index contributed by atoms with van der Waals surface area (Å²) in [5.41, 5.74) is 1.12. The third-order valence-corrected chi connectivity index (χ3v) is 4.17. The van der Waals surface area contributed by atoms with Gasteiger partial charge in [0, 0.05) is 22.7 Å². The van der Waals surface area contributed by atoms with Gasteiger partial charge in [-0.15, -0.1) is 0 Å². The maximum absolute atomic E-state index is 13.8. The van der Waals surface area contributed by atoms with Crippen LogP contribution in [0, 0.1) is 11.6 Å². The third-order valence-electron chi connectivity index (χ3n) is 4.17. The molecule has 1 atom stereocenters. The summed E-state index contributed by atoms with van der Waals surface area (Å²) < 4.78 is 26.8. The SMILES string of the molecule is C[C@H]([NH2+]CC(=O)Nc1cccc2ccccc12)c1ccc(F)cc1F. The molecule has 0 saturated heterocycles. The number of quaternary nitrogens is 1. The van der Waals surface area contributed by atoms with E-state index in [9.17, 15) is 13.6 Å². The Morgan fingerprint density at radius 3 is 2.64 bits per heavy atom. The molecular weight excluding hydrogens is 322 g/mol. The molecule has 3 nitrogen and oxygen atoms in total. The Morgan fingerprint density at radius 2 is 1.84 bits per heavy atom. The van der Waals surface area contributed by atoms with Crippen molar-refractivity contribution in [2.24, 2.45) is 0 Å². The van der Waals surface area contributed by atoms with Crippen molar-refractivity contribution in [2.75, 3.05) is 11.9 Å². The van der Waals surface area contributed by atoms with Gasteiger partial charge in [-0.1, -0.05) is 36.4 Å². The fourth-order valence-electron chi connectivity index (χ4n) is 2.82. The number of nitrogens with one attached hydrogen (secondary N) is 1. The van der Waals surface area contributed by atoms with Crippen LogP contribution >= 0.6 is 0 Å². The average molecular weight is 341 g/mol. The van der Waals surface area contributed by atoms with E-state index in [0.29, 0.717) is 5.56 Å². The second kappa shape index (κ2) is 7.40. The van der Waals surface area contributed by atoms with Gasteiger partial charge in [0.25, 0.3) is 5.91 Å². The predicted octanol–water partition coefficient (Wildman–Crippen LogP) is 3.38. The fraction of sp³-hybridized carbons (Fsp3) is 0.150. The maximum Gasteiger partial charge on any atom is 0.279 e. The number of hydrogen-bond acceptors (Lipinski definition) is 1. The molecule has 3 rings (SSSR count). The van der Waals surface area contributed by atoms with Gasteiger partial charge in [-0.05, 0) is 30.5 Å². The molecule has 0 heterocycles. The molecule has 0 radical (unpaired) electrons. The molecule has 0 aromatic heterocycles. The van der Waals surface area contributed by atoms with E-state index in [-0.39, 0.29) is 18.5 Å². The first kappa shape index (κ1) is 17.0. The molecule has 0 spiro atoms. The second-order valence-corrected chi connectivity index (χ2v) is 5.97. The van der Waals surface area contributed by atoms with Crippen LogP contribution in [-0.4, -0.2) is 12.5 Å². The average Bonchev–Trinajstić information content (AvgIpc) is 2.60. The molecule has 0 fully saturated rings. The molecule has 0 aliphatic carbocycles. The number of fused-ring (bicyclic) bond motifs is 1. The molecule has 3 aromatic carbocycles. The highest BCUT2D eigenvalue weighted by Crippen LogP contribution is 2.22. The van der Waals surface area contributed by atoms with Gasteiger partial charge in [0.05, 0.1) is 0 Å². The van der Waals surface area contributed by atoms with Crippen molar-refractivity contribution < 1.29 is 18.9 Å². The van der Waals surface area contributed by atoms with Crippen LogP contribution in [0.25, 0.3) is 10.8 Å². The number of nitrogens with two attached hydrogens (primary N) is 1. The van der Waals surface area contributed by atoms with Gasteiger partial charge in [-0.2, -0.15) is 0 Å². The minimum absolute atomic E-state index is 0.140. The summed E-state index contributed by atoms with van der Waals surface area (Å²) in [6, 6.07) is 16.7. The highest BCUT2D eigenvalue weighted by atomic mass is 19.1. The van der Waals surface area contributed by atoms with Crippen molar-refractivity contribution >= 4 is 22.4 Å². The summed E-state index contributed by atoms with van der Waals surface area (Å²) in [7, 11) is 0. The van der Waals surface area contributed by atoms with E-state index in [2.05, 4.69) is 5.32 Å². The first-order valence-corrected chi connectivity index (χ1v) is 8.10. The number of hydrogen-bond donors (Lipinski definition) is 2. The first-order valence-electron chi connectivity index (χ1n) is 8.10. The van der Waals surface area contributed by atoms with Crippen molar-refractivity contribution in [3.8, 4) is 0 Å². The third kappa shape index (κ3) is 4.00. The summed E-state index contributed by atoms with van der Waals surface area (Å²) in [5, 5.41) is 6.63. The molecule has 0 unspecified atom stereocenters. The molecule has 3 aromatic rings. The van der Waals surface area contributed by atoms with Crippen LogP contribution < -0.4 is 10.6 Å². The van der Waals surface area contributed by atoms with E-state index in [1.165, 1.54) is 12.1 Å². The van der Waals surface area contributed by atoms with Crippen molar-refractivity contribution in [1.82, 2.24) is 0 Å². The Bertz CT molecular complexity index is 906. The molecule has 25 heavy (non-hydrogen) atoms. The Morgan fingerprint density at radius 1 is 1.08 bits per heavy atom. The highest BCUT2D eigenvalue weighted by molar-refractivity contribution is 6.02. The van der Waals surface area contributed by atoms with E-state index in [1.807, 2.05) is 42.5 Å². The van der Waals surface area contributed by atoms with Crippen LogP contribution in [0.3, 0.4) is 0 Å². The molecule has 1 amide bonds. The van der Waals surface area contributed by atoms with Crippen molar-refractivity contribution in [3.05, 3.63) is 77.9 Å². The Hall–Kier alpha value is -2.79. The summed E-state index contributed by atoms with van der Waals surface area (Å²) in [5.74, 6) is -1.38. The van der Waals surface area contributed by atoms with Crippen molar-refractivity contribution in [3.63, 3.8) is 0 Å². The lowest BCUT2D eigenvalue weighted by Gasteiger charge is -2.13. The Kier molecular flexibility index (Phi) is 5.05. The van der Waals surface area contributed by atoms with Gasteiger partial charge in [-0.25, -0.2) is 8.78 Å².